The van der Waals surface area contributed by atoms with Crippen molar-refractivity contribution in [3.63, 3.8) is 0 Å². The van der Waals surface area contributed by atoms with Crippen molar-refractivity contribution < 1.29 is 36.3 Å². The van der Waals surface area contributed by atoms with Gasteiger partial charge in [-0.2, -0.15) is 13.2 Å². The molecule has 1 heterocycles. The van der Waals surface area contributed by atoms with Crippen LogP contribution < -0.4 is 5.32 Å². The molecular formula is C31H28F5N3O3. The number of imidazole rings is 1. The summed E-state index contributed by atoms with van der Waals surface area (Å²) >= 11 is 0. The van der Waals surface area contributed by atoms with Gasteiger partial charge in [-0.1, -0.05) is 31.4 Å². The summed E-state index contributed by atoms with van der Waals surface area (Å²) in [6.45, 7) is 1.90. The Bertz CT molecular complexity index is 1590. The van der Waals surface area contributed by atoms with Crippen molar-refractivity contribution in [3.8, 4) is 11.4 Å². The molecule has 1 aliphatic rings. The van der Waals surface area contributed by atoms with Crippen LogP contribution in [0, 0.1) is 17.6 Å². The lowest BCUT2D eigenvalue weighted by Gasteiger charge is -2.32. The zero-order valence-corrected chi connectivity index (χ0v) is 22.7. The number of benzene rings is 3. The summed E-state index contributed by atoms with van der Waals surface area (Å²) in [7, 11) is 0. The van der Waals surface area contributed by atoms with Crippen LogP contribution in [0.25, 0.3) is 22.4 Å². The van der Waals surface area contributed by atoms with Gasteiger partial charge in [-0.15, -0.1) is 0 Å². The number of aromatic nitrogens is 2. The van der Waals surface area contributed by atoms with E-state index in [0.29, 0.717) is 24.1 Å². The van der Waals surface area contributed by atoms with E-state index in [1.54, 1.807) is 19.1 Å². The third kappa shape index (κ3) is 6.00. The van der Waals surface area contributed by atoms with E-state index in [9.17, 15) is 31.5 Å². The summed E-state index contributed by atoms with van der Waals surface area (Å²) in [6.07, 6.45) is -0.512. The monoisotopic (exact) mass is 585 g/mol. The molecule has 0 saturated heterocycles. The molecule has 4 aromatic rings. The molecule has 1 unspecified atom stereocenters. The molecule has 0 aliphatic heterocycles. The molecule has 1 amide bonds. The minimum Gasteiger partial charge on any atom is -0.462 e. The van der Waals surface area contributed by atoms with E-state index in [0.717, 1.165) is 43.5 Å². The SMILES string of the molecule is CCOC(=O)c1ccc(NC(=O)C(C2CCCCC2)n2c(-c3ccc(C(F)(F)F)cc3)nc3cc(F)c(F)cc32)cc1. The van der Waals surface area contributed by atoms with Crippen molar-refractivity contribution in [2.75, 3.05) is 11.9 Å². The molecule has 0 radical (unpaired) electrons. The maximum absolute atomic E-state index is 14.6. The minimum absolute atomic E-state index is 0.0659. The fraction of sp³-hybridized carbons (Fsp3) is 0.323. The largest absolute Gasteiger partial charge is 0.462 e. The average molecular weight is 586 g/mol. The highest BCUT2D eigenvalue weighted by atomic mass is 19.4. The number of nitrogens with zero attached hydrogens (tertiary/aromatic N) is 2. The van der Waals surface area contributed by atoms with Crippen molar-refractivity contribution in [3.05, 3.63) is 83.4 Å². The highest BCUT2D eigenvalue weighted by molar-refractivity contribution is 5.97. The van der Waals surface area contributed by atoms with Crippen LogP contribution in [0.2, 0.25) is 0 Å². The molecule has 1 aliphatic carbocycles. The lowest BCUT2D eigenvalue weighted by atomic mass is 9.83. The van der Waals surface area contributed by atoms with Crippen LogP contribution >= 0.6 is 0 Å². The van der Waals surface area contributed by atoms with Gasteiger partial charge in [-0.25, -0.2) is 18.6 Å². The van der Waals surface area contributed by atoms with Gasteiger partial charge in [0.1, 0.15) is 11.9 Å². The van der Waals surface area contributed by atoms with Crippen LogP contribution in [0.1, 0.15) is 61.0 Å². The van der Waals surface area contributed by atoms with E-state index >= 15 is 0 Å². The molecule has 1 aromatic heterocycles. The van der Waals surface area contributed by atoms with Crippen LogP contribution in [0.15, 0.2) is 60.7 Å². The van der Waals surface area contributed by atoms with Gasteiger partial charge in [0.2, 0.25) is 5.91 Å². The fourth-order valence-electron chi connectivity index (χ4n) is 5.50. The first-order valence-electron chi connectivity index (χ1n) is 13.7. The number of amides is 1. The highest BCUT2D eigenvalue weighted by Gasteiger charge is 2.35. The van der Waals surface area contributed by atoms with Gasteiger partial charge in [0.15, 0.2) is 11.6 Å². The maximum Gasteiger partial charge on any atom is 0.416 e. The van der Waals surface area contributed by atoms with Crippen molar-refractivity contribution in [2.24, 2.45) is 5.92 Å². The van der Waals surface area contributed by atoms with Gasteiger partial charge < -0.3 is 14.6 Å². The number of rotatable bonds is 7. The second-order valence-electron chi connectivity index (χ2n) is 10.3. The van der Waals surface area contributed by atoms with Crippen molar-refractivity contribution in [1.82, 2.24) is 9.55 Å². The van der Waals surface area contributed by atoms with E-state index in [4.69, 9.17) is 4.74 Å². The quantitative estimate of drug-likeness (QED) is 0.177. The number of halogens is 5. The van der Waals surface area contributed by atoms with E-state index < -0.39 is 41.3 Å². The van der Waals surface area contributed by atoms with Crippen molar-refractivity contribution in [1.29, 1.82) is 0 Å². The van der Waals surface area contributed by atoms with E-state index in [-0.39, 0.29) is 34.9 Å². The predicted octanol–water partition coefficient (Wildman–Crippen LogP) is 7.94. The van der Waals surface area contributed by atoms with Crippen LogP contribution in [0.3, 0.4) is 0 Å². The van der Waals surface area contributed by atoms with Gasteiger partial charge in [0.25, 0.3) is 0 Å². The van der Waals surface area contributed by atoms with Crippen LogP contribution in [-0.2, 0) is 15.7 Å². The van der Waals surface area contributed by atoms with Gasteiger partial charge in [-0.3, -0.25) is 4.79 Å². The number of hydrogen-bond acceptors (Lipinski definition) is 4. The van der Waals surface area contributed by atoms with Gasteiger partial charge in [0.05, 0.1) is 28.8 Å². The van der Waals surface area contributed by atoms with Gasteiger partial charge in [0, 0.05) is 23.4 Å². The summed E-state index contributed by atoms with van der Waals surface area (Å²) in [6, 6.07) is 11.3. The second-order valence-corrected chi connectivity index (χ2v) is 10.3. The summed E-state index contributed by atoms with van der Waals surface area (Å²) in [5.74, 6) is -3.33. The molecule has 1 fully saturated rings. The lowest BCUT2D eigenvalue weighted by molar-refractivity contribution is -0.137. The molecule has 6 nitrogen and oxygen atoms in total. The molecule has 1 atom stereocenters. The maximum atomic E-state index is 14.6. The van der Waals surface area contributed by atoms with E-state index in [1.165, 1.54) is 28.8 Å². The Morgan fingerprint density at radius 1 is 0.976 bits per heavy atom. The number of esters is 1. The lowest BCUT2D eigenvalue weighted by Crippen LogP contribution is -2.33. The Morgan fingerprint density at radius 3 is 2.24 bits per heavy atom. The predicted molar refractivity (Wildman–Crippen MR) is 147 cm³/mol. The first-order valence-corrected chi connectivity index (χ1v) is 13.7. The smallest absolute Gasteiger partial charge is 0.416 e. The van der Waals surface area contributed by atoms with Crippen LogP contribution in [0.4, 0.5) is 27.6 Å². The van der Waals surface area contributed by atoms with Gasteiger partial charge >= 0.3 is 12.1 Å². The molecule has 220 valence electrons. The molecule has 0 bridgehead atoms. The topological polar surface area (TPSA) is 73.2 Å². The second kappa shape index (κ2) is 11.9. The number of alkyl halides is 3. The average Bonchev–Trinajstić information content (AvgIpc) is 3.31. The summed E-state index contributed by atoms with van der Waals surface area (Å²) < 4.78 is 75.1. The van der Waals surface area contributed by atoms with E-state index in [1.807, 2.05) is 0 Å². The van der Waals surface area contributed by atoms with Crippen LogP contribution in [0.5, 0.6) is 0 Å². The van der Waals surface area contributed by atoms with Crippen LogP contribution in [-0.4, -0.2) is 28.0 Å². The Morgan fingerprint density at radius 2 is 1.62 bits per heavy atom. The zero-order chi connectivity index (χ0) is 30.0. The Kier molecular flexibility index (Phi) is 8.29. The zero-order valence-electron chi connectivity index (χ0n) is 22.7. The molecule has 1 N–H and O–H groups in total. The number of fused-ring (bicyclic) bond motifs is 1. The Labute approximate surface area is 238 Å². The first-order chi connectivity index (χ1) is 20.1. The summed E-state index contributed by atoms with van der Waals surface area (Å²) in [4.78, 5) is 30.5. The Hall–Kier alpha value is -4.28. The molecular weight excluding hydrogens is 557 g/mol. The number of hydrogen-bond donors (Lipinski definition) is 1. The number of carbonyl (C=O) groups is 2. The normalized spacial score (nSPS) is 15.0. The van der Waals surface area contributed by atoms with Crippen molar-refractivity contribution in [2.45, 2.75) is 51.2 Å². The third-order valence-electron chi connectivity index (χ3n) is 7.51. The molecule has 5 rings (SSSR count). The number of anilines is 1. The summed E-state index contributed by atoms with van der Waals surface area (Å²) in [5.41, 5.74) is 0.308. The summed E-state index contributed by atoms with van der Waals surface area (Å²) in [5, 5.41) is 2.87. The fourth-order valence-corrected chi connectivity index (χ4v) is 5.50. The molecule has 3 aromatic carbocycles. The number of carbonyl (C=O) groups excluding carboxylic acids is 2. The highest BCUT2D eigenvalue weighted by Crippen LogP contribution is 2.40. The first kappa shape index (κ1) is 29.2. The molecule has 11 heteroatoms. The third-order valence-corrected chi connectivity index (χ3v) is 7.51. The standard InChI is InChI=1S/C31H28F5N3O3/c1-2-42-30(41)20-10-14-22(15-11-20)37-29(40)27(18-6-4-3-5-7-18)39-26-17-24(33)23(32)16-25(26)38-28(39)19-8-12-21(13-9-19)31(34,35)36/h8-18,27H,2-7H2,1H3,(H,37,40). The van der Waals surface area contributed by atoms with E-state index in [2.05, 4.69) is 10.3 Å². The molecule has 0 spiro atoms. The number of ether oxygens (including phenoxy) is 1. The number of nitrogens with one attached hydrogen (secondary N) is 1. The molecule has 1 saturated carbocycles. The molecule has 42 heavy (non-hydrogen) atoms. The Balaban J connectivity index is 1.61. The van der Waals surface area contributed by atoms with Gasteiger partial charge in [-0.05, 0) is 62.1 Å². The minimum atomic E-state index is -4.56. The van der Waals surface area contributed by atoms with Crippen molar-refractivity contribution >= 4 is 28.6 Å².